The van der Waals surface area contributed by atoms with Crippen LogP contribution in [-0.4, -0.2) is 0 Å². The lowest BCUT2D eigenvalue weighted by molar-refractivity contribution is 0.664. The molecule has 0 bridgehead atoms. The summed E-state index contributed by atoms with van der Waals surface area (Å²) in [7, 11) is 0. The van der Waals surface area contributed by atoms with Crippen LogP contribution in [0.25, 0.3) is 65.4 Å². The summed E-state index contributed by atoms with van der Waals surface area (Å²) in [4.78, 5) is 0. The summed E-state index contributed by atoms with van der Waals surface area (Å²) < 4.78 is 12.9. The smallest absolute Gasteiger partial charge is 0.136 e. The Morgan fingerprint density at radius 1 is 0.432 bits per heavy atom. The van der Waals surface area contributed by atoms with Gasteiger partial charge in [-0.3, -0.25) is 0 Å². The zero-order valence-electron chi connectivity index (χ0n) is 25.8. The molecule has 2 heterocycles. The highest BCUT2D eigenvalue weighted by molar-refractivity contribution is 6.18. The number of furan rings is 2. The van der Waals surface area contributed by atoms with Gasteiger partial charge in [0.25, 0.3) is 0 Å². The van der Waals surface area contributed by atoms with Crippen molar-refractivity contribution < 1.29 is 8.83 Å². The van der Waals surface area contributed by atoms with Crippen LogP contribution in [0.3, 0.4) is 0 Å². The molecule has 5 aromatic carbocycles. The fraction of sp³-hybridized carbons (Fsp3) is 0.286. The fourth-order valence-electron chi connectivity index (χ4n) is 6.30. The minimum absolute atomic E-state index is 0.877. The molecule has 0 fully saturated rings. The highest BCUT2D eigenvalue weighted by Crippen LogP contribution is 2.39. The quantitative estimate of drug-likeness (QED) is 0.133. The van der Waals surface area contributed by atoms with Gasteiger partial charge in [-0.05, 0) is 95.1 Å². The van der Waals surface area contributed by atoms with E-state index in [0.29, 0.717) is 0 Å². The molecule has 7 rings (SSSR count). The maximum absolute atomic E-state index is 6.44. The molecule has 0 spiro atoms. The lowest BCUT2D eigenvalue weighted by Gasteiger charge is -1.99. The van der Waals surface area contributed by atoms with E-state index < -0.39 is 0 Å². The third-order valence-corrected chi connectivity index (χ3v) is 8.76. The number of fused-ring (bicyclic) bond motifs is 8. The van der Waals surface area contributed by atoms with Crippen LogP contribution < -0.4 is 0 Å². The zero-order chi connectivity index (χ0) is 29.9. The van der Waals surface area contributed by atoms with Crippen LogP contribution in [0.5, 0.6) is 0 Å². The van der Waals surface area contributed by atoms with Gasteiger partial charge in [-0.1, -0.05) is 88.2 Å². The Balaban J connectivity index is 1.20. The van der Waals surface area contributed by atoms with Crippen molar-refractivity contribution in [3.8, 4) is 23.7 Å². The average molecular weight is 575 g/mol. The summed E-state index contributed by atoms with van der Waals surface area (Å²) in [6.07, 6.45) is 11.9. The highest BCUT2D eigenvalue weighted by Gasteiger charge is 2.15. The summed E-state index contributed by atoms with van der Waals surface area (Å²) in [5.41, 5.74) is 5.64. The van der Waals surface area contributed by atoms with Crippen LogP contribution in [0.4, 0.5) is 0 Å². The largest absolute Gasteiger partial charge is 0.456 e. The Morgan fingerprint density at radius 3 is 1.32 bits per heavy atom. The van der Waals surface area contributed by atoms with Gasteiger partial charge in [0.15, 0.2) is 0 Å². The van der Waals surface area contributed by atoms with E-state index in [1.165, 1.54) is 62.1 Å². The van der Waals surface area contributed by atoms with Crippen molar-refractivity contribution in [3.05, 3.63) is 83.9 Å². The third kappa shape index (κ3) is 5.66. The molecule has 0 aliphatic heterocycles. The van der Waals surface area contributed by atoms with Crippen LogP contribution in [0.1, 0.15) is 89.2 Å². The Morgan fingerprint density at radius 2 is 0.864 bits per heavy atom. The SMILES string of the molecule is CCCCCCC#Cc1ccc2cc3c(cc2c1)oc1cc2c(cc13)oc1cc3cc(C#CCCCCCC)ccc3cc12. The van der Waals surface area contributed by atoms with Gasteiger partial charge in [0.1, 0.15) is 22.3 Å². The molecule has 0 saturated heterocycles. The van der Waals surface area contributed by atoms with E-state index in [1.807, 2.05) is 0 Å². The second-order valence-corrected chi connectivity index (χ2v) is 12.1. The van der Waals surface area contributed by atoms with Crippen LogP contribution in [0, 0.1) is 23.7 Å². The third-order valence-electron chi connectivity index (χ3n) is 8.76. The van der Waals surface area contributed by atoms with Crippen LogP contribution in [0.2, 0.25) is 0 Å². The number of benzene rings is 5. The maximum atomic E-state index is 6.44. The fourth-order valence-corrected chi connectivity index (χ4v) is 6.30. The van der Waals surface area contributed by atoms with E-state index in [9.17, 15) is 0 Å². The van der Waals surface area contributed by atoms with E-state index in [1.54, 1.807) is 0 Å². The molecule has 0 aliphatic rings. The Labute approximate surface area is 259 Å². The van der Waals surface area contributed by atoms with Gasteiger partial charge in [0.05, 0.1) is 0 Å². The molecule has 44 heavy (non-hydrogen) atoms. The predicted molar refractivity (Wildman–Crippen MR) is 187 cm³/mol. The van der Waals surface area contributed by atoms with E-state index >= 15 is 0 Å². The van der Waals surface area contributed by atoms with Gasteiger partial charge in [0.2, 0.25) is 0 Å². The minimum Gasteiger partial charge on any atom is -0.456 e. The first kappa shape index (κ1) is 28.1. The van der Waals surface area contributed by atoms with Crippen molar-refractivity contribution >= 4 is 65.4 Å². The van der Waals surface area contributed by atoms with Gasteiger partial charge in [-0.15, -0.1) is 0 Å². The molecule has 0 atom stereocenters. The first-order valence-corrected chi connectivity index (χ1v) is 16.4. The first-order valence-electron chi connectivity index (χ1n) is 16.4. The summed E-state index contributed by atoms with van der Waals surface area (Å²) in [5, 5.41) is 9.02. The zero-order valence-corrected chi connectivity index (χ0v) is 25.8. The molecule has 218 valence electrons. The molecule has 0 unspecified atom stereocenters. The molecule has 2 nitrogen and oxygen atoms in total. The maximum Gasteiger partial charge on any atom is 0.136 e. The Hall–Kier alpha value is -4.66. The van der Waals surface area contributed by atoms with Crippen molar-refractivity contribution in [1.29, 1.82) is 0 Å². The first-order chi connectivity index (χ1) is 21.7. The van der Waals surface area contributed by atoms with E-state index in [4.69, 9.17) is 8.83 Å². The lowest BCUT2D eigenvalue weighted by atomic mass is 10.0. The van der Waals surface area contributed by atoms with Gasteiger partial charge in [0, 0.05) is 45.5 Å². The van der Waals surface area contributed by atoms with Gasteiger partial charge < -0.3 is 8.83 Å². The lowest BCUT2D eigenvalue weighted by Crippen LogP contribution is -1.79. The number of unbranched alkanes of at least 4 members (excludes halogenated alkanes) is 8. The molecule has 2 heteroatoms. The second-order valence-electron chi connectivity index (χ2n) is 12.1. The van der Waals surface area contributed by atoms with Gasteiger partial charge in [-0.25, -0.2) is 0 Å². The number of rotatable bonds is 8. The molecule has 0 amide bonds. The van der Waals surface area contributed by atoms with E-state index in [0.717, 1.165) is 78.6 Å². The van der Waals surface area contributed by atoms with E-state index in [-0.39, 0.29) is 0 Å². The Bertz CT molecular complexity index is 2110. The summed E-state index contributed by atoms with van der Waals surface area (Å²) >= 11 is 0. The van der Waals surface area contributed by atoms with Crippen molar-refractivity contribution in [2.45, 2.75) is 78.1 Å². The molecule has 0 saturated carbocycles. The topological polar surface area (TPSA) is 26.3 Å². The molecule has 0 radical (unpaired) electrons. The predicted octanol–water partition coefficient (Wildman–Crippen LogP) is 12.4. The van der Waals surface area contributed by atoms with Crippen molar-refractivity contribution in [1.82, 2.24) is 0 Å². The van der Waals surface area contributed by atoms with Crippen molar-refractivity contribution in [2.75, 3.05) is 0 Å². The normalized spacial score (nSPS) is 11.5. The van der Waals surface area contributed by atoms with Gasteiger partial charge >= 0.3 is 0 Å². The summed E-state index contributed by atoms with van der Waals surface area (Å²) in [5.74, 6) is 13.4. The molecule has 2 aromatic heterocycles. The molecule has 0 aliphatic carbocycles. The molecule has 0 N–H and O–H groups in total. The van der Waals surface area contributed by atoms with Crippen molar-refractivity contribution in [3.63, 3.8) is 0 Å². The Kier molecular flexibility index (Phi) is 8.01. The molecule has 7 aromatic rings. The summed E-state index contributed by atoms with van der Waals surface area (Å²) in [6, 6.07) is 26.0. The molecular formula is C42H38O2. The van der Waals surface area contributed by atoms with Crippen LogP contribution in [0.15, 0.2) is 81.6 Å². The van der Waals surface area contributed by atoms with Crippen LogP contribution >= 0.6 is 0 Å². The number of hydrogen-bond acceptors (Lipinski definition) is 2. The highest BCUT2D eigenvalue weighted by atomic mass is 16.3. The minimum atomic E-state index is 0.877. The van der Waals surface area contributed by atoms with Crippen molar-refractivity contribution in [2.24, 2.45) is 0 Å². The van der Waals surface area contributed by atoms with Gasteiger partial charge in [-0.2, -0.15) is 0 Å². The number of hydrogen-bond donors (Lipinski definition) is 0. The average Bonchev–Trinajstić information content (AvgIpc) is 3.56. The second kappa shape index (κ2) is 12.5. The monoisotopic (exact) mass is 574 g/mol. The molecular weight excluding hydrogens is 536 g/mol. The standard InChI is InChI=1S/C42H38O2/c1-3-5-7-9-11-13-15-29-17-19-31-23-35-37-27-42-38(28-41(37)43-39(35)25-33(31)21-29)36-24-32-20-18-30(16-14-12-10-8-6-4-2)22-34(32)26-40(36)44-42/h17-28H,3-12H2,1-2H3. The summed E-state index contributed by atoms with van der Waals surface area (Å²) in [6.45, 7) is 4.48. The van der Waals surface area contributed by atoms with Crippen LogP contribution in [-0.2, 0) is 0 Å². The van der Waals surface area contributed by atoms with E-state index in [2.05, 4.69) is 110 Å².